The molecule has 0 aliphatic carbocycles. The highest BCUT2D eigenvalue weighted by atomic mass is 16.5. The van der Waals surface area contributed by atoms with Crippen LogP contribution in [0.25, 0.3) is 0 Å². The Morgan fingerprint density at radius 2 is 1.59 bits per heavy atom. The van der Waals surface area contributed by atoms with Crippen LogP contribution < -0.4 is 10.9 Å². The number of carboxylic acids is 1. The van der Waals surface area contributed by atoms with Crippen LogP contribution in [0.1, 0.15) is 29.8 Å². The SMILES string of the molecule is COc1ccc(CC(C)C)cc1.N.O=C(O)c1ccccc1. The van der Waals surface area contributed by atoms with Gasteiger partial charge >= 0.3 is 5.97 Å². The number of benzene rings is 2. The quantitative estimate of drug-likeness (QED) is 0.874. The first-order valence-electron chi connectivity index (χ1n) is 6.94. The number of rotatable bonds is 4. The van der Waals surface area contributed by atoms with Gasteiger partial charge in [-0.25, -0.2) is 4.79 Å². The minimum absolute atomic E-state index is 0. The number of hydrogen-bond acceptors (Lipinski definition) is 3. The second kappa shape index (κ2) is 10.4. The van der Waals surface area contributed by atoms with E-state index in [2.05, 4.69) is 26.0 Å². The maximum atomic E-state index is 10.2. The molecule has 0 aromatic heterocycles. The van der Waals surface area contributed by atoms with Crippen molar-refractivity contribution >= 4 is 5.97 Å². The van der Waals surface area contributed by atoms with Gasteiger partial charge in [0.1, 0.15) is 5.75 Å². The second-order valence-corrected chi connectivity index (χ2v) is 5.12. The van der Waals surface area contributed by atoms with Crippen molar-refractivity contribution in [2.45, 2.75) is 20.3 Å². The fourth-order valence-electron chi connectivity index (χ4n) is 1.81. The Labute approximate surface area is 132 Å². The second-order valence-electron chi connectivity index (χ2n) is 5.12. The maximum absolute atomic E-state index is 10.2. The third-order valence-electron chi connectivity index (χ3n) is 2.82. The third kappa shape index (κ3) is 7.45. The van der Waals surface area contributed by atoms with Gasteiger partial charge in [0.15, 0.2) is 0 Å². The Balaban J connectivity index is 0.000000397. The minimum atomic E-state index is -0.879. The summed E-state index contributed by atoms with van der Waals surface area (Å²) in [6.07, 6.45) is 1.14. The molecule has 0 radical (unpaired) electrons. The molecule has 2 rings (SSSR count). The zero-order valence-corrected chi connectivity index (χ0v) is 13.5. The standard InChI is InChI=1S/C11H16O.C7H6O2.H3N/c1-9(2)8-10-4-6-11(12-3)7-5-10;8-7(9)6-4-2-1-3-5-6;/h4-7,9H,8H2,1-3H3;1-5H,(H,8,9);1H3. The molecule has 0 aliphatic heterocycles. The Hall–Kier alpha value is -2.33. The van der Waals surface area contributed by atoms with Gasteiger partial charge in [-0.05, 0) is 42.2 Å². The Kier molecular flexibility index (Phi) is 9.30. The highest BCUT2D eigenvalue weighted by molar-refractivity contribution is 5.87. The molecule has 0 atom stereocenters. The molecule has 2 aromatic carbocycles. The van der Waals surface area contributed by atoms with Gasteiger partial charge < -0.3 is 16.0 Å². The molecule has 0 aliphatic rings. The number of carbonyl (C=O) groups is 1. The van der Waals surface area contributed by atoms with Gasteiger partial charge in [-0.15, -0.1) is 0 Å². The van der Waals surface area contributed by atoms with Gasteiger partial charge in [0.25, 0.3) is 0 Å². The fourth-order valence-corrected chi connectivity index (χ4v) is 1.81. The van der Waals surface area contributed by atoms with Gasteiger partial charge in [0.2, 0.25) is 0 Å². The van der Waals surface area contributed by atoms with Gasteiger partial charge in [0.05, 0.1) is 12.7 Å². The summed E-state index contributed by atoms with van der Waals surface area (Å²) in [7, 11) is 1.69. The molecule has 22 heavy (non-hydrogen) atoms. The van der Waals surface area contributed by atoms with Crippen molar-refractivity contribution in [2.75, 3.05) is 7.11 Å². The van der Waals surface area contributed by atoms with Crippen molar-refractivity contribution in [2.24, 2.45) is 5.92 Å². The van der Waals surface area contributed by atoms with Crippen molar-refractivity contribution in [3.8, 4) is 5.75 Å². The van der Waals surface area contributed by atoms with E-state index in [1.807, 2.05) is 12.1 Å². The third-order valence-corrected chi connectivity index (χ3v) is 2.82. The van der Waals surface area contributed by atoms with E-state index in [-0.39, 0.29) is 6.15 Å². The number of ether oxygens (including phenoxy) is 1. The van der Waals surface area contributed by atoms with Crippen LogP contribution in [0.2, 0.25) is 0 Å². The summed E-state index contributed by atoms with van der Waals surface area (Å²) >= 11 is 0. The summed E-state index contributed by atoms with van der Waals surface area (Å²) < 4.78 is 5.07. The summed E-state index contributed by atoms with van der Waals surface area (Å²) in [5.41, 5.74) is 1.71. The normalized spacial score (nSPS) is 9.27. The van der Waals surface area contributed by atoms with E-state index >= 15 is 0 Å². The van der Waals surface area contributed by atoms with E-state index in [0.717, 1.165) is 18.1 Å². The van der Waals surface area contributed by atoms with E-state index < -0.39 is 5.97 Å². The van der Waals surface area contributed by atoms with E-state index in [1.54, 1.807) is 37.4 Å². The summed E-state index contributed by atoms with van der Waals surface area (Å²) in [4.78, 5) is 10.2. The van der Waals surface area contributed by atoms with Gasteiger partial charge in [-0.3, -0.25) is 0 Å². The maximum Gasteiger partial charge on any atom is 0.335 e. The molecule has 2 aromatic rings. The molecular formula is C18H25NO3. The first-order valence-corrected chi connectivity index (χ1v) is 6.94. The molecule has 4 nitrogen and oxygen atoms in total. The molecule has 120 valence electrons. The highest BCUT2D eigenvalue weighted by Crippen LogP contribution is 2.13. The molecule has 0 saturated carbocycles. The van der Waals surface area contributed by atoms with Crippen LogP contribution in [0.15, 0.2) is 54.6 Å². The highest BCUT2D eigenvalue weighted by Gasteiger charge is 1.97. The van der Waals surface area contributed by atoms with Crippen LogP contribution in [-0.2, 0) is 6.42 Å². The van der Waals surface area contributed by atoms with E-state index in [9.17, 15) is 4.79 Å². The molecule has 0 bridgehead atoms. The lowest BCUT2D eigenvalue weighted by atomic mass is 10.0. The number of carboxylic acid groups (broad SMARTS) is 1. The van der Waals surface area contributed by atoms with Crippen molar-refractivity contribution < 1.29 is 14.6 Å². The van der Waals surface area contributed by atoms with Gasteiger partial charge in [0, 0.05) is 0 Å². The monoisotopic (exact) mass is 303 g/mol. The Morgan fingerprint density at radius 1 is 1.05 bits per heavy atom. The molecule has 4 N–H and O–H groups in total. The molecule has 4 heteroatoms. The van der Waals surface area contributed by atoms with E-state index in [1.165, 1.54) is 5.56 Å². The van der Waals surface area contributed by atoms with Crippen LogP contribution in [0.3, 0.4) is 0 Å². The fraction of sp³-hybridized carbons (Fsp3) is 0.278. The summed E-state index contributed by atoms with van der Waals surface area (Å²) in [5, 5.41) is 8.38. The average Bonchev–Trinajstić information content (AvgIpc) is 2.49. The summed E-state index contributed by atoms with van der Waals surface area (Å²) in [6.45, 7) is 4.45. The minimum Gasteiger partial charge on any atom is -0.497 e. The lowest BCUT2D eigenvalue weighted by molar-refractivity contribution is 0.0697. The average molecular weight is 303 g/mol. The number of methoxy groups -OCH3 is 1. The van der Waals surface area contributed by atoms with Crippen LogP contribution in [0.5, 0.6) is 5.75 Å². The molecule has 0 unspecified atom stereocenters. The zero-order chi connectivity index (χ0) is 15.7. The molecule has 0 spiro atoms. The number of aromatic carboxylic acids is 1. The van der Waals surface area contributed by atoms with E-state index in [0.29, 0.717) is 5.56 Å². The van der Waals surface area contributed by atoms with Crippen LogP contribution in [0, 0.1) is 5.92 Å². The van der Waals surface area contributed by atoms with Crippen LogP contribution in [-0.4, -0.2) is 18.2 Å². The van der Waals surface area contributed by atoms with Crippen molar-refractivity contribution in [3.63, 3.8) is 0 Å². The molecule has 0 fully saturated rings. The van der Waals surface area contributed by atoms with Crippen LogP contribution >= 0.6 is 0 Å². The largest absolute Gasteiger partial charge is 0.497 e. The Morgan fingerprint density at radius 3 is 1.95 bits per heavy atom. The first kappa shape index (κ1) is 19.7. The van der Waals surface area contributed by atoms with Gasteiger partial charge in [-0.2, -0.15) is 0 Å². The Bertz CT molecular complexity index is 536. The van der Waals surface area contributed by atoms with Crippen molar-refractivity contribution in [1.29, 1.82) is 0 Å². The molecule has 0 heterocycles. The summed E-state index contributed by atoms with van der Waals surface area (Å²) in [6, 6.07) is 16.6. The van der Waals surface area contributed by atoms with E-state index in [4.69, 9.17) is 9.84 Å². The lowest BCUT2D eigenvalue weighted by Crippen LogP contribution is -1.93. The first-order chi connectivity index (χ1) is 10.0. The predicted molar refractivity (Wildman–Crippen MR) is 90.0 cm³/mol. The molecular weight excluding hydrogens is 278 g/mol. The topological polar surface area (TPSA) is 81.5 Å². The van der Waals surface area contributed by atoms with Gasteiger partial charge in [-0.1, -0.05) is 44.2 Å². The molecule has 0 saturated heterocycles. The smallest absolute Gasteiger partial charge is 0.335 e. The van der Waals surface area contributed by atoms with Crippen LogP contribution in [0.4, 0.5) is 0 Å². The number of hydrogen-bond donors (Lipinski definition) is 2. The zero-order valence-electron chi connectivity index (χ0n) is 13.5. The molecule has 0 amide bonds. The van der Waals surface area contributed by atoms with Crippen molar-refractivity contribution in [1.82, 2.24) is 6.15 Å². The summed E-state index contributed by atoms with van der Waals surface area (Å²) in [5.74, 6) is 0.775. The predicted octanol–water partition coefficient (Wildman–Crippen LogP) is 4.44. The van der Waals surface area contributed by atoms with Crippen molar-refractivity contribution in [3.05, 3.63) is 65.7 Å². The lowest BCUT2D eigenvalue weighted by Gasteiger charge is -2.05.